The van der Waals surface area contributed by atoms with E-state index < -0.39 is 58.1 Å². The van der Waals surface area contributed by atoms with Crippen molar-refractivity contribution in [1.29, 1.82) is 0 Å². The van der Waals surface area contributed by atoms with Crippen LogP contribution in [0.15, 0.2) is 18.7 Å². The van der Waals surface area contributed by atoms with Gasteiger partial charge in [-0.15, -0.1) is 0 Å². The number of carbonyl (C=O) groups is 1. The molecule has 0 aliphatic heterocycles. The molecule has 0 bridgehead atoms. The zero-order valence-electron chi connectivity index (χ0n) is 18.2. The van der Waals surface area contributed by atoms with E-state index in [1.54, 1.807) is 0 Å². The van der Waals surface area contributed by atoms with Crippen LogP contribution in [0.5, 0.6) is 0 Å². The molecule has 19 heteroatoms. The average molecular weight is 549 g/mol. The second kappa shape index (κ2) is 9.68. The Bertz CT molecular complexity index is 1110. The third-order valence-corrected chi connectivity index (χ3v) is 7.71. The van der Waals surface area contributed by atoms with Gasteiger partial charge in [0.2, 0.25) is 6.33 Å². The minimum Gasteiger partial charge on any atom is -0.446 e. The van der Waals surface area contributed by atoms with Gasteiger partial charge in [0.15, 0.2) is 6.29 Å². The molecule has 196 valence electrons. The molecular formula is C15H21F6N3O8S2+2. The van der Waals surface area contributed by atoms with Crippen LogP contribution in [-0.4, -0.2) is 67.7 Å². The number of rotatable bonds is 8. The van der Waals surface area contributed by atoms with E-state index in [1.165, 1.54) is 14.0 Å². The summed E-state index contributed by atoms with van der Waals surface area (Å²) in [6, 6.07) is 0. The number of carbonyl (C=O) groups excluding carboxylic acids is 1. The van der Waals surface area contributed by atoms with Gasteiger partial charge in [-0.2, -0.15) is 43.2 Å². The molecule has 1 aromatic heterocycles. The van der Waals surface area contributed by atoms with Gasteiger partial charge in [-0.05, 0) is 13.8 Å². The second-order valence-corrected chi connectivity index (χ2v) is 10.4. The summed E-state index contributed by atoms with van der Waals surface area (Å²) in [5.74, 6) is -3.80. The monoisotopic (exact) mass is 549 g/mol. The van der Waals surface area contributed by atoms with E-state index in [9.17, 15) is 48.0 Å². The van der Waals surface area contributed by atoms with Crippen molar-refractivity contribution in [3.8, 4) is 0 Å². The third-order valence-electron chi connectivity index (χ3n) is 4.15. The van der Waals surface area contributed by atoms with Gasteiger partial charge in [-0.1, -0.05) is 0 Å². The van der Waals surface area contributed by atoms with Gasteiger partial charge in [0.25, 0.3) is 0 Å². The number of alkyl halides is 6. The van der Waals surface area contributed by atoms with Crippen molar-refractivity contribution in [3.63, 3.8) is 0 Å². The van der Waals surface area contributed by atoms with Crippen molar-refractivity contribution in [1.82, 2.24) is 4.57 Å². The van der Waals surface area contributed by atoms with Crippen LogP contribution in [0, 0.1) is 0 Å². The van der Waals surface area contributed by atoms with Crippen LogP contribution >= 0.6 is 0 Å². The number of aryl methyl sites for hydroxylation is 1. The van der Waals surface area contributed by atoms with Crippen LogP contribution in [0.3, 0.4) is 0 Å². The summed E-state index contributed by atoms with van der Waals surface area (Å²) in [7, 11) is -13.0. The van der Waals surface area contributed by atoms with Crippen LogP contribution < -0.4 is 4.57 Å². The maximum atomic E-state index is 13.3. The van der Waals surface area contributed by atoms with Crippen LogP contribution in [0.25, 0.3) is 0 Å². The molecule has 0 aliphatic carbocycles. The topological polar surface area (TPSA) is 125 Å². The lowest BCUT2D eigenvalue weighted by atomic mass is 10.0. The molecule has 0 saturated heterocycles. The highest BCUT2D eigenvalue weighted by Gasteiger charge is 2.72. The zero-order valence-corrected chi connectivity index (χ0v) is 19.8. The molecule has 0 fully saturated rings. The van der Waals surface area contributed by atoms with Gasteiger partial charge in [0.1, 0.15) is 12.4 Å². The van der Waals surface area contributed by atoms with Crippen molar-refractivity contribution >= 4 is 31.9 Å². The molecular weight excluding hydrogens is 528 g/mol. The van der Waals surface area contributed by atoms with E-state index in [2.05, 4.69) is 4.74 Å². The van der Waals surface area contributed by atoms with E-state index in [1.807, 2.05) is 0 Å². The summed E-state index contributed by atoms with van der Waals surface area (Å²) in [5, 5.41) is 0. The Hall–Kier alpha value is -2.41. The second-order valence-electron chi connectivity index (χ2n) is 6.59. The quantitative estimate of drug-likeness (QED) is 0.116. The maximum Gasteiger partial charge on any atom is 0.561 e. The van der Waals surface area contributed by atoms with Gasteiger partial charge >= 0.3 is 48.5 Å². The van der Waals surface area contributed by atoms with Crippen LogP contribution in [0.1, 0.15) is 20.8 Å². The number of esters is 1. The number of aromatic nitrogens is 2. The molecule has 2 atom stereocenters. The number of hydrogen-bond donors (Lipinski definition) is 0. The van der Waals surface area contributed by atoms with Crippen molar-refractivity contribution in [2.75, 3.05) is 13.7 Å². The van der Waals surface area contributed by atoms with Crippen molar-refractivity contribution in [2.45, 2.75) is 43.6 Å². The summed E-state index contributed by atoms with van der Waals surface area (Å²) in [5.41, 5.74) is -16.2. The molecule has 34 heavy (non-hydrogen) atoms. The summed E-state index contributed by atoms with van der Waals surface area (Å²) in [6.07, 6.45) is 1.58. The molecule has 0 aromatic carbocycles. The molecule has 0 N–H and O–H groups in total. The molecule has 1 heterocycles. The summed E-state index contributed by atoms with van der Waals surface area (Å²) in [6.45, 7) is 3.16. The van der Waals surface area contributed by atoms with Crippen molar-refractivity contribution in [2.24, 2.45) is 7.05 Å². The smallest absolute Gasteiger partial charge is 0.446 e. The lowest BCUT2D eigenvalue weighted by molar-refractivity contribution is -0.671. The SMILES string of the molecule is CCO[C@@H](C)OC(=O)C(C)(C(OC)=[N+](S(=O)(=O)C(F)(F)F)S(=O)(=O)C(F)(F)F)n1cc[n+](C)c1. The van der Waals surface area contributed by atoms with Crippen LogP contribution in [0.4, 0.5) is 26.3 Å². The Balaban J connectivity index is 4.28. The van der Waals surface area contributed by atoms with Crippen LogP contribution in [-0.2, 0) is 51.6 Å². The van der Waals surface area contributed by atoms with E-state index in [-0.39, 0.29) is 6.61 Å². The van der Waals surface area contributed by atoms with E-state index in [4.69, 9.17) is 9.47 Å². The number of halogens is 6. The first-order valence-corrected chi connectivity index (χ1v) is 11.8. The molecule has 0 aliphatic rings. The van der Waals surface area contributed by atoms with Crippen LogP contribution in [0.2, 0.25) is 0 Å². The highest BCUT2D eigenvalue weighted by Crippen LogP contribution is 2.35. The molecule has 1 rings (SSSR count). The number of sulfonamides is 2. The van der Waals surface area contributed by atoms with E-state index >= 15 is 0 Å². The highest BCUT2D eigenvalue weighted by atomic mass is 32.3. The molecule has 0 radical (unpaired) electrons. The number of imidazole rings is 1. The zero-order chi connectivity index (χ0) is 26.9. The Morgan fingerprint density at radius 2 is 1.56 bits per heavy atom. The lowest BCUT2D eigenvalue weighted by Crippen LogP contribution is -2.57. The summed E-state index contributed by atoms with van der Waals surface area (Å²) < 4.78 is 142. The predicted molar refractivity (Wildman–Crippen MR) is 98.7 cm³/mol. The number of ether oxygens (including phenoxy) is 3. The molecule has 0 spiro atoms. The first kappa shape index (κ1) is 29.6. The largest absolute Gasteiger partial charge is 0.561 e. The summed E-state index contributed by atoms with van der Waals surface area (Å²) >= 11 is 0. The fraction of sp³-hybridized carbons (Fsp3) is 0.667. The first-order chi connectivity index (χ1) is 15.2. The van der Waals surface area contributed by atoms with Gasteiger partial charge in [0.05, 0.1) is 17.5 Å². The molecule has 1 unspecified atom stereocenters. The minimum absolute atomic E-state index is 0.0402. The predicted octanol–water partition coefficient (Wildman–Crippen LogP) is 0.710. The number of methoxy groups -OCH3 is 1. The van der Waals surface area contributed by atoms with E-state index in [0.717, 1.165) is 30.2 Å². The third kappa shape index (κ3) is 5.29. The fourth-order valence-electron chi connectivity index (χ4n) is 2.54. The highest BCUT2D eigenvalue weighted by molar-refractivity contribution is 7.98. The van der Waals surface area contributed by atoms with Gasteiger partial charge in [0, 0.05) is 13.5 Å². The standard InChI is InChI=1S/C15H21F6N3O8S2/c1-6-31-10(2)32-12(25)13(3,23-8-7-22(4)9-23)11(30-5)24(33(26,27)14(16,17)18)34(28,29)15(19,20)21/h7-10H,6H2,1-5H3/q+2/t10-,13?/m1/s1. The Labute approximate surface area is 190 Å². The average Bonchev–Trinajstić information content (AvgIpc) is 3.09. The minimum atomic E-state index is -7.34. The molecule has 1 aromatic rings. The Morgan fingerprint density at radius 1 is 1.09 bits per heavy atom. The molecule has 0 amide bonds. The van der Waals surface area contributed by atoms with Gasteiger partial charge < -0.3 is 14.2 Å². The van der Waals surface area contributed by atoms with Crippen molar-refractivity contribution < 1.29 is 70.1 Å². The normalized spacial score (nSPS) is 15.9. The Kier molecular flexibility index (Phi) is 8.44. The summed E-state index contributed by atoms with van der Waals surface area (Å²) in [4.78, 5) is 13.0. The maximum absolute atomic E-state index is 13.3. The fourth-order valence-corrected chi connectivity index (χ4v) is 5.40. The van der Waals surface area contributed by atoms with Gasteiger partial charge in [-0.25, -0.2) is 13.9 Å². The number of hydrogen-bond acceptors (Lipinski definition) is 8. The molecule has 11 nitrogen and oxygen atoms in total. The molecule has 0 saturated carbocycles. The Morgan fingerprint density at radius 3 is 1.88 bits per heavy atom. The van der Waals surface area contributed by atoms with Gasteiger partial charge in [-0.3, -0.25) is 0 Å². The van der Waals surface area contributed by atoms with E-state index in [0.29, 0.717) is 18.6 Å². The first-order valence-electron chi connectivity index (χ1n) is 8.90. The lowest BCUT2D eigenvalue weighted by Gasteiger charge is -2.24. The van der Waals surface area contributed by atoms with Crippen molar-refractivity contribution in [3.05, 3.63) is 18.7 Å². The number of nitrogens with zero attached hydrogens (tertiary/aromatic N) is 3.